The summed E-state index contributed by atoms with van der Waals surface area (Å²) in [6.45, 7) is 3.45. The normalized spacial score (nSPS) is 22.5. The van der Waals surface area contributed by atoms with E-state index in [0.29, 0.717) is 28.9 Å². The molecule has 0 unspecified atom stereocenters. The van der Waals surface area contributed by atoms with E-state index in [-0.39, 0.29) is 17.7 Å². The number of carbonyl (C=O) groups excluding carboxylic acids is 1. The van der Waals surface area contributed by atoms with Crippen LogP contribution < -0.4 is 4.90 Å². The topological polar surface area (TPSA) is 70.4 Å². The Hall–Kier alpha value is -1.93. The molecule has 2 aliphatic heterocycles. The maximum Gasteiger partial charge on any atom is 0.242 e. The molecule has 2 aromatic rings. The number of aromatic nitrogens is 4. The summed E-state index contributed by atoms with van der Waals surface area (Å²) < 4.78 is 1.77. The Morgan fingerprint density at radius 1 is 1.17 bits per heavy atom. The lowest BCUT2D eigenvalue weighted by molar-refractivity contribution is -0.131. The van der Waals surface area contributed by atoms with E-state index in [1.54, 1.807) is 10.9 Å². The van der Waals surface area contributed by atoms with Crippen LogP contribution in [0, 0.1) is 5.92 Å². The van der Waals surface area contributed by atoms with Crippen LogP contribution in [0.3, 0.4) is 0 Å². The van der Waals surface area contributed by atoms with Gasteiger partial charge in [0.15, 0.2) is 17.0 Å². The molecule has 0 aliphatic carbocycles. The van der Waals surface area contributed by atoms with E-state index in [0.717, 1.165) is 6.54 Å². The molecule has 2 fully saturated rings. The standard InChI is InChI=1S/C20H30ClN7O/c1-25(2)18-17-19(24-20(21)23-18)28(13-22-17)12-16(29)26(3)11-14-7-6-10-27-9-5-4-8-15(14)27/h13-15H,4-12H2,1-3H3/t14-,15+/m0/s1. The minimum atomic E-state index is 0.0679. The summed E-state index contributed by atoms with van der Waals surface area (Å²) in [5, 5.41) is 0.156. The maximum atomic E-state index is 13.0. The predicted octanol–water partition coefficient (Wildman–Crippen LogP) is 2.27. The lowest BCUT2D eigenvalue weighted by Crippen LogP contribution is -2.51. The Morgan fingerprint density at radius 3 is 2.76 bits per heavy atom. The molecule has 8 nitrogen and oxygen atoms in total. The Kier molecular flexibility index (Phi) is 5.92. The number of nitrogens with zero attached hydrogens (tertiary/aromatic N) is 7. The van der Waals surface area contributed by atoms with E-state index in [1.807, 2.05) is 30.9 Å². The summed E-state index contributed by atoms with van der Waals surface area (Å²) in [6, 6.07) is 0.635. The SMILES string of the molecule is CN(C[C@@H]1CCCN2CCCC[C@H]12)C(=O)Cn1cnc2c(N(C)C)nc(Cl)nc21. The van der Waals surface area contributed by atoms with E-state index >= 15 is 0 Å². The molecule has 4 rings (SSSR count). The van der Waals surface area contributed by atoms with Crippen LogP contribution in [0.1, 0.15) is 32.1 Å². The number of carbonyl (C=O) groups is 1. The van der Waals surface area contributed by atoms with Crippen molar-refractivity contribution in [1.82, 2.24) is 29.3 Å². The minimum Gasteiger partial charge on any atom is -0.361 e. The predicted molar refractivity (Wildman–Crippen MR) is 114 cm³/mol. The van der Waals surface area contributed by atoms with Gasteiger partial charge < -0.3 is 19.3 Å². The van der Waals surface area contributed by atoms with Crippen molar-refractivity contribution in [3.05, 3.63) is 11.6 Å². The Balaban J connectivity index is 1.46. The molecular weight excluding hydrogens is 390 g/mol. The molecule has 0 N–H and O–H groups in total. The monoisotopic (exact) mass is 419 g/mol. The molecule has 0 saturated carbocycles. The number of amides is 1. The van der Waals surface area contributed by atoms with Crippen molar-refractivity contribution in [3.63, 3.8) is 0 Å². The molecule has 9 heteroatoms. The number of rotatable bonds is 5. The molecule has 2 saturated heterocycles. The molecule has 0 aromatic carbocycles. The number of likely N-dealkylation sites (N-methyl/N-ethyl adjacent to an activating group) is 1. The third kappa shape index (κ3) is 4.19. The van der Waals surface area contributed by atoms with Crippen LogP contribution in [-0.2, 0) is 11.3 Å². The van der Waals surface area contributed by atoms with Gasteiger partial charge in [0, 0.05) is 33.7 Å². The van der Waals surface area contributed by atoms with Gasteiger partial charge in [-0.25, -0.2) is 4.98 Å². The second-order valence-electron chi connectivity index (χ2n) is 8.53. The summed E-state index contributed by atoms with van der Waals surface area (Å²) in [5.74, 6) is 1.28. The highest BCUT2D eigenvalue weighted by molar-refractivity contribution is 6.28. The Morgan fingerprint density at radius 2 is 1.97 bits per heavy atom. The van der Waals surface area contributed by atoms with Crippen molar-refractivity contribution in [2.75, 3.05) is 45.7 Å². The van der Waals surface area contributed by atoms with E-state index in [1.165, 1.54) is 45.2 Å². The van der Waals surface area contributed by atoms with Crippen molar-refractivity contribution in [2.24, 2.45) is 5.92 Å². The lowest BCUT2D eigenvalue weighted by atomic mass is 9.83. The second-order valence-corrected chi connectivity index (χ2v) is 8.87. The van der Waals surface area contributed by atoms with Crippen LogP contribution in [-0.4, -0.2) is 82.0 Å². The Bertz CT molecular complexity index is 881. The largest absolute Gasteiger partial charge is 0.361 e. The van der Waals surface area contributed by atoms with Gasteiger partial charge in [-0.05, 0) is 56.3 Å². The molecule has 0 spiro atoms. The van der Waals surface area contributed by atoms with Gasteiger partial charge >= 0.3 is 0 Å². The van der Waals surface area contributed by atoms with Crippen LogP contribution in [0.4, 0.5) is 5.82 Å². The zero-order chi connectivity index (χ0) is 20.5. The van der Waals surface area contributed by atoms with Crippen molar-refractivity contribution < 1.29 is 4.79 Å². The third-order valence-electron chi connectivity index (χ3n) is 6.31. The first-order valence-electron chi connectivity index (χ1n) is 10.5. The van der Waals surface area contributed by atoms with Crippen molar-refractivity contribution in [1.29, 1.82) is 0 Å². The zero-order valence-electron chi connectivity index (χ0n) is 17.5. The van der Waals surface area contributed by atoms with Crippen molar-refractivity contribution >= 4 is 34.5 Å². The maximum absolute atomic E-state index is 13.0. The second kappa shape index (κ2) is 8.44. The van der Waals surface area contributed by atoms with Crippen LogP contribution in [0.5, 0.6) is 0 Å². The number of piperidine rings is 2. The highest BCUT2D eigenvalue weighted by atomic mass is 35.5. The zero-order valence-corrected chi connectivity index (χ0v) is 18.3. The minimum absolute atomic E-state index is 0.0679. The first-order valence-corrected chi connectivity index (χ1v) is 10.9. The highest BCUT2D eigenvalue weighted by Crippen LogP contribution is 2.31. The van der Waals surface area contributed by atoms with Crippen LogP contribution >= 0.6 is 11.6 Å². The molecule has 0 bridgehead atoms. The number of hydrogen-bond acceptors (Lipinski definition) is 6. The molecule has 4 heterocycles. The van der Waals surface area contributed by atoms with Gasteiger partial charge in [0.25, 0.3) is 0 Å². The summed E-state index contributed by atoms with van der Waals surface area (Å²) in [6.07, 6.45) is 7.98. The van der Waals surface area contributed by atoms with Gasteiger partial charge in [-0.3, -0.25) is 4.79 Å². The fourth-order valence-electron chi connectivity index (χ4n) is 4.84. The summed E-state index contributed by atoms with van der Waals surface area (Å²) in [4.78, 5) is 32.3. The molecule has 2 atom stereocenters. The number of hydrogen-bond donors (Lipinski definition) is 0. The quantitative estimate of drug-likeness (QED) is 0.692. The van der Waals surface area contributed by atoms with Crippen LogP contribution in [0.15, 0.2) is 6.33 Å². The number of fused-ring (bicyclic) bond motifs is 2. The molecule has 158 valence electrons. The van der Waals surface area contributed by atoms with Gasteiger partial charge in [0.2, 0.25) is 11.2 Å². The van der Waals surface area contributed by atoms with Gasteiger partial charge in [0.1, 0.15) is 6.54 Å². The number of halogens is 1. The van der Waals surface area contributed by atoms with Gasteiger partial charge in [-0.1, -0.05) is 6.42 Å². The Labute approximate surface area is 176 Å². The summed E-state index contributed by atoms with van der Waals surface area (Å²) in [5.41, 5.74) is 1.24. The highest BCUT2D eigenvalue weighted by Gasteiger charge is 2.34. The van der Waals surface area contributed by atoms with E-state index in [2.05, 4.69) is 19.9 Å². The van der Waals surface area contributed by atoms with Crippen molar-refractivity contribution in [2.45, 2.75) is 44.7 Å². The lowest BCUT2D eigenvalue weighted by Gasteiger charge is -2.45. The first kappa shape index (κ1) is 20.3. The van der Waals surface area contributed by atoms with Gasteiger partial charge in [-0.15, -0.1) is 0 Å². The number of anilines is 1. The first-order chi connectivity index (χ1) is 13.9. The van der Waals surface area contributed by atoms with Crippen LogP contribution in [0.25, 0.3) is 11.2 Å². The fraction of sp³-hybridized carbons (Fsp3) is 0.700. The molecule has 29 heavy (non-hydrogen) atoms. The average Bonchev–Trinajstić information content (AvgIpc) is 3.09. The van der Waals surface area contributed by atoms with Gasteiger partial charge in [-0.2, -0.15) is 9.97 Å². The van der Waals surface area contributed by atoms with Crippen molar-refractivity contribution in [3.8, 4) is 0 Å². The molecule has 2 aliphatic rings. The van der Waals surface area contributed by atoms with E-state index < -0.39 is 0 Å². The summed E-state index contributed by atoms with van der Waals surface area (Å²) >= 11 is 6.10. The molecular formula is C20H30ClN7O. The summed E-state index contributed by atoms with van der Waals surface area (Å²) in [7, 11) is 5.68. The molecule has 0 radical (unpaired) electrons. The van der Waals surface area contributed by atoms with E-state index in [9.17, 15) is 4.79 Å². The molecule has 2 aromatic heterocycles. The molecule has 1 amide bonds. The van der Waals surface area contributed by atoms with Crippen LogP contribution in [0.2, 0.25) is 5.28 Å². The smallest absolute Gasteiger partial charge is 0.242 e. The van der Waals surface area contributed by atoms with Gasteiger partial charge in [0.05, 0.1) is 6.33 Å². The van der Waals surface area contributed by atoms with E-state index in [4.69, 9.17) is 11.6 Å². The third-order valence-corrected chi connectivity index (χ3v) is 6.48. The average molecular weight is 420 g/mol. The fourth-order valence-corrected chi connectivity index (χ4v) is 5.00. The number of imidazole rings is 1.